The molecule has 10 heteroatoms. The summed E-state index contributed by atoms with van der Waals surface area (Å²) >= 11 is 0. The number of anilines is 1. The van der Waals surface area contributed by atoms with Crippen molar-refractivity contribution in [2.75, 3.05) is 38.2 Å². The Morgan fingerprint density at radius 2 is 1.75 bits per heavy atom. The highest BCUT2D eigenvalue weighted by molar-refractivity contribution is 6.01. The maximum Gasteiger partial charge on any atom is 0.319 e. The molecule has 0 spiro atoms. The lowest BCUT2D eigenvalue weighted by molar-refractivity contribution is 0.188. The molecule has 4 aromatic rings. The molecule has 1 aromatic heterocycles. The van der Waals surface area contributed by atoms with Crippen LogP contribution in [-0.2, 0) is 0 Å². The monoisotopic (exact) mass is 549 g/mol. The second-order valence-electron chi connectivity index (χ2n) is 11.2. The minimum atomic E-state index is -1.09. The number of halogens is 3. The van der Waals surface area contributed by atoms with E-state index in [9.17, 15) is 5.11 Å². The molecule has 3 aliphatic rings. The van der Waals surface area contributed by atoms with Crippen LogP contribution in [0.1, 0.15) is 25.7 Å². The average Bonchev–Trinajstić information content (AvgIpc) is 3.52. The zero-order chi connectivity index (χ0) is 27.5. The van der Waals surface area contributed by atoms with Crippen LogP contribution < -0.4 is 15.0 Å². The second kappa shape index (κ2) is 9.78. The van der Waals surface area contributed by atoms with Crippen molar-refractivity contribution >= 4 is 27.5 Å². The van der Waals surface area contributed by atoms with E-state index in [1.165, 1.54) is 12.1 Å². The zero-order valence-electron chi connectivity index (χ0n) is 22.1. The number of likely N-dealkylation sites (tertiary alicyclic amines) is 1. The summed E-state index contributed by atoms with van der Waals surface area (Å²) in [5.41, 5.74) is -1.07. The molecule has 3 fully saturated rings. The molecule has 4 heterocycles. The minimum absolute atomic E-state index is 0.00590. The number of piperazine rings is 1. The topological polar surface area (TPSA) is 73.8 Å². The van der Waals surface area contributed by atoms with Gasteiger partial charge in [0.15, 0.2) is 17.4 Å². The number of phenols is 1. The molecule has 0 amide bonds. The molecule has 3 saturated heterocycles. The molecule has 208 valence electrons. The summed E-state index contributed by atoms with van der Waals surface area (Å²) in [7, 11) is 2.03. The number of benzene rings is 3. The van der Waals surface area contributed by atoms with Crippen LogP contribution in [0.15, 0.2) is 36.4 Å². The average molecular weight is 550 g/mol. The Bertz CT molecular complexity index is 1620. The molecule has 2 unspecified atom stereocenters. The molecule has 3 aliphatic heterocycles. The van der Waals surface area contributed by atoms with Gasteiger partial charge in [-0.3, -0.25) is 0 Å². The SMILES string of the molecule is CN1CCC[C@H]1COc1nc(N2CC3CCC(C2)N3)c2cc(F)c(-c3c(F)c(O)cc4ccccc34)c(F)c2n1. The molecule has 3 atom stereocenters. The van der Waals surface area contributed by atoms with Crippen LogP contribution in [0.4, 0.5) is 19.0 Å². The fourth-order valence-electron chi connectivity index (χ4n) is 6.58. The number of aromatic hydroxyl groups is 1. The molecule has 0 radical (unpaired) electrons. The van der Waals surface area contributed by atoms with E-state index in [0.717, 1.165) is 32.2 Å². The summed E-state index contributed by atoms with van der Waals surface area (Å²) < 4.78 is 53.8. The molecular weight excluding hydrogens is 519 g/mol. The van der Waals surface area contributed by atoms with Crippen molar-refractivity contribution in [1.82, 2.24) is 20.2 Å². The van der Waals surface area contributed by atoms with Crippen molar-refractivity contribution in [1.29, 1.82) is 0 Å². The van der Waals surface area contributed by atoms with Gasteiger partial charge in [-0.25, -0.2) is 13.2 Å². The van der Waals surface area contributed by atoms with Crippen molar-refractivity contribution in [3.8, 4) is 22.9 Å². The van der Waals surface area contributed by atoms with E-state index in [1.54, 1.807) is 24.3 Å². The molecule has 2 bridgehead atoms. The lowest BCUT2D eigenvalue weighted by Gasteiger charge is -2.34. The first-order valence-electron chi connectivity index (χ1n) is 13.8. The molecule has 2 N–H and O–H groups in total. The lowest BCUT2D eigenvalue weighted by Crippen LogP contribution is -2.51. The van der Waals surface area contributed by atoms with E-state index in [2.05, 4.69) is 20.2 Å². The van der Waals surface area contributed by atoms with Crippen molar-refractivity contribution in [3.63, 3.8) is 0 Å². The fraction of sp³-hybridized carbons (Fsp3) is 0.400. The van der Waals surface area contributed by atoms with Gasteiger partial charge in [-0.1, -0.05) is 24.3 Å². The highest BCUT2D eigenvalue weighted by Gasteiger charge is 2.35. The molecular formula is C30H30F3N5O2. The summed E-state index contributed by atoms with van der Waals surface area (Å²) in [5.74, 6) is -3.34. The standard InChI is InChI=1S/C30H30F3N5O2/c1-37-10-4-6-19(37)15-40-30-35-28-21(29(36-30)38-13-17-8-9-18(14-38)34-17)12-22(31)25(27(28)33)24-20-7-3-2-5-16(20)11-23(39)26(24)32/h2-3,5,7,11-12,17-19,34,39H,4,6,8-10,13-15H2,1H3/t17?,18?,19-/m0/s1. The van der Waals surface area contributed by atoms with Gasteiger partial charge >= 0.3 is 6.01 Å². The number of nitrogens with zero attached hydrogens (tertiary/aromatic N) is 4. The van der Waals surface area contributed by atoms with Gasteiger partial charge in [0.1, 0.15) is 23.8 Å². The fourth-order valence-corrected chi connectivity index (χ4v) is 6.58. The summed E-state index contributed by atoms with van der Waals surface area (Å²) in [4.78, 5) is 13.3. The lowest BCUT2D eigenvalue weighted by atomic mass is 9.95. The predicted molar refractivity (Wildman–Crippen MR) is 147 cm³/mol. The maximum absolute atomic E-state index is 16.5. The zero-order valence-corrected chi connectivity index (χ0v) is 22.1. The van der Waals surface area contributed by atoms with Crippen molar-refractivity contribution in [3.05, 3.63) is 53.8 Å². The summed E-state index contributed by atoms with van der Waals surface area (Å²) in [6.45, 7) is 2.60. The van der Waals surface area contributed by atoms with E-state index < -0.39 is 28.8 Å². The summed E-state index contributed by atoms with van der Waals surface area (Å²) in [6, 6.07) is 9.75. The Hall–Kier alpha value is -3.63. The molecule has 0 saturated carbocycles. The van der Waals surface area contributed by atoms with E-state index in [1.807, 2.05) is 11.9 Å². The van der Waals surface area contributed by atoms with E-state index in [-0.39, 0.29) is 46.0 Å². The number of hydrogen-bond donors (Lipinski definition) is 2. The van der Waals surface area contributed by atoms with Gasteiger partial charge in [0, 0.05) is 42.2 Å². The number of ether oxygens (including phenoxy) is 1. The van der Waals surface area contributed by atoms with Crippen LogP contribution in [0.25, 0.3) is 32.8 Å². The number of rotatable bonds is 5. The third-order valence-electron chi connectivity index (χ3n) is 8.65. The van der Waals surface area contributed by atoms with Crippen LogP contribution in [0.2, 0.25) is 0 Å². The number of hydrogen-bond acceptors (Lipinski definition) is 7. The smallest absolute Gasteiger partial charge is 0.319 e. The van der Waals surface area contributed by atoms with E-state index >= 15 is 13.2 Å². The van der Waals surface area contributed by atoms with Crippen LogP contribution in [0, 0.1) is 17.5 Å². The molecule has 0 aliphatic carbocycles. The van der Waals surface area contributed by atoms with Crippen LogP contribution >= 0.6 is 0 Å². The quantitative estimate of drug-likeness (QED) is 0.364. The normalized spacial score (nSPS) is 23.0. The van der Waals surface area contributed by atoms with Gasteiger partial charge in [-0.15, -0.1) is 0 Å². The van der Waals surface area contributed by atoms with Crippen LogP contribution in [0.3, 0.4) is 0 Å². The van der Waals surface area contributed by atoms with Crippen LogP contribution in [-0.4, -0.2) is 71.4 Å². The van der Waals surface area contributed by atoms with Gasteiger partial charge in [-0.05, 0) is 62.2 Å². The summed E-state index contributed by atoms with van der Waals surface area (Å²) in [6.07, 6.45) is 4.10. The number of likely N-dealkylation sites (N-methyl/N-ethyl adjacent to an activating group) is 1. The number of aromatic nitrogens is 2. The third-order valence-corrected chi connectivity index (χ3v) is 8.65. The predicted octanol–water partition coefficient (Wildman–Crippen LogP) is 4.99. The van der Waals surface area contributed by atoms with Crippen molar-refractivity contribution in [2.24, 2.45) is 0 Å². The first kappa shape index (κ1) is 25.3. The Morgan fingerprint density at radius 3 is 2.50 bits per heavy atom. The second-order valence-corrected chi connectivity index (χ2v) is 11.2. The Morgan fingerprint density at radius 1 is 0.975 bits per heavy atom. The molecule has 7 nitrogen and oxygen atoms in total. The van der Waals surface area contributed by atoms with Gasteiger partial charge in [0.25, 0.3) is 0 Å². The Labute approximate surface area is 229 Å². The van der Waals surface area contributed by atoms with Gasteiger partial charge in [0.05, 0.1) is 5.56 Å². The molecule has 3 aromatic carbocycles. The first-order valence-corrected chi connectivity index (χ1v) is 13.8. The van der Waals surface area contributed by atoms with E-state index in [4.69, 9.17) is 4.74 Å². The summed E-state index contributed by atoms with van der Waals surface area (Å²) in [5, 5.41) is 14.8. The van der Waals surface area contributed by atoms with Gasteiger partial charge in [0.2, 0.25) is 0 Å². The third kappa shape index (κ3) is 4.21. The van der Waals surface area contributed by atoms with Gasteiger partial charge < -0.3 is 25.0 Å². The Kier molecular flexibility index (Phi) is 6.20. The van der Waals surface area contributed by atoms with E-state index in [0.29, 0.717) is 30.9 Å². The number of fused-ring (bicyclic) bond motifs is 4. The van der Waals surface area contributed by atoms with Crippen LogP contribution in [0.5, 0.6) is 11.8 Å². The van der Waals surface area contributed by atoms with Gasteiger partial charge in [-0.2, -0.15) is 9.97 Å². The molecule has 40 heavy (non-hydrogen) atoms. The van der Waals surface area contributed by atoms with Crippen molar-refractivity contribution in [2.45, 2.75) is 43.8 Å². The highest BCUT2D eigenvalue weighted by atomic mass is 19.1. The van der Waals surface area contributed by atoms with Crippen molar-refractivity contribution < 1.29 is 23.0 Å². The number of nitrogens with one attached hydrogen (secondary N) is 1. The largest absolute Gasteiger partial charge is 0.505 e. The number of phenolic OH excluding ortho intramolecular Hbond substituents is 1. The molecule has 7 rings (SSSR count). The first-order chi connectivity index (χ1) is 19.4. The minimum Gasteiger partial charge on any atom is -0.505 e. The highest BCUT2D eigenvalue weighted by Crippen LogP contribution is 2.42. The maximum atomic E-state index is 16.5. The Balaban J connectivity index is 1.41.